The van der Waals surface area contributed by atoms with Gasteiger partial charge in [0.25, 0.3) is 0 Å². The van der Waals surface area contributed by atoms with Crippen LogP contribution in [-0.2, 0) is 6.42 Å². The zero-order valence-electron chi connectivity index (χ0n) is 16.0. The highest BCUT2D eigenvalue weighted by Gasteiger charge is 2.31. The van der Waals surface area contributed by atoms with Gasteiger partial charge in [0.2, 0.25) is 0 Å². The molecule has 0 aliphatic carbocycles. The van der Waals surface area contributed by atoms with E-state index in [1.165, 1.54) is 5.56 Å². The first-order valence-electron chi connectivity index (χ1n) is 8.58. The predicted octanol–water partition coefficient (Wildman–Crippen LogP) is 2.48. The molecule has 1 heterocycles. The minimum absolute atomic E-state index is 0.121. The van der Waals surface area contributed by atoms with Gasteiger partial charge in [-0.1, -0.05) is 27.7 Å². The smallest absolute Gasteiger partial charge is 0.186 e. The maximum atomic E-state index is 6.25. The molecule has 6 nitrogen and oxygen atoms in total. The number of nitrogens with one attached hydrogen (secondary N) is 1. The molecule has 0 spiro atoms. The lowest BCUT2D eigenvalue weighted by Crippen LogP contribution is -2.57. The van der Waals surface area contributed by atoms with E-state index in [0.29, 0.717) is 23.9 Å². The van der Waals surface area contributed by atoms with Crippen molar-refractivity contribution in [1.82, 2.24) is 5.32 Å². The van der Waals surface area contributed by atoms with Crippen molar-refractivity contribution in [2.24, 2.45) is 22.4 Å². The summed E-state index contributed by atoms with van der Waals surface area (Å²) in [5.41, 5.74) is 15.7. The van der Waals surface area contributed by atoms with Gasteiger partial charge in [-0.15, -0.1) is 0 Å². The Labute approximate surface area is 150 Å². The van der Waals surface area contributed by atoms with Gasteiger partial charge in [0.1, 0.15) is 5.84 Å². The average molecular weight is 346 g/mol. The minimum Gasteiger partial charge on any atom is -0.493 e. The molecule has 1 aliphatic heterocycles. The summed E-state index contributed by atoms with van der Waals surface area (Å²) >= 11 is 0. The molecular formula is C19H30N4O2. The Morgan fingerprint density at radius 1 is 1.12 bits per heavy atom. The lowest BCUT2D eigenvalue weighted by Gasteiger charge is -2.34. The Kier molecular flexibility index (Phi) is 5.62. The minimum atomic E-state index is -0.855. The third kappa shape index (κ3) is 3.90. The fourth-order valence-electron chi connectivity index (χ4n) is 2.85. The van der Waals surface area contributed by atoms with E-state index in [2.05, 4.69) is 24.2 Å². The molecule has 1 aliphatic rings. The van der Waals surface area contributed by atoms with E-state index >= 15 is 0 Å². The monoisotopic (exact) mass is 346 g/mol. The van der Waals surface area contributed by atoms with Gasteiger partial charge in [0.05, 0.1) is 14.2 Å². The molecule has 0 bridgehead atoms. The quantitative estimate of drug-likeness (QED) is 0.735. The van der Waals surface area contributed by atoms with Gasteiger partial charge in [-0.25, -0.2) is 4.99 Å². The fraction of sp³-hybridized carbons (Fsp3) is 0.526. The van der Waals surface area contributed by atoms with E-state index in [4.69, 9.17) is 20.9 Å². The Morgan fingerprint density at radius 2 is 1.72 bits per heavy atom. The first-order valence-corrected chi connectivity index (χ1v) is 8.58. The largest absolute Gasteiger partial charge is 0.493 e. The van der Waals surface area contributed by atoms with Crippen LogP contribution in [0.1, 0.15) is 44.7 Å². The molecule has 0 fully saturated rings. The van der Waals surface area contributed by atoms with Crippen molar-refractivity contribution >= 4 is 5.84 Å². The molecule has 1 atom stereocenters. The molecule has 0 radical (unpaired) electrons. The highest BCUT2D eigenvalue weighted by Crippen LogP contribution is 2.35. The van der Waals surface area contributed by atoms with E-state index in [-0.39, 0.29) is 5.92 Å². The van der Waals surface area contributed by atoms with Crippen LogP contribution < -0.4 is 26.3 Å². The summed E-state index contributed by atoms with van der Waals surface area (Å²) in [6.45, 7) is 8.32. The van der Waals surface area contributed by atoms with Gasteiger partial charge in [0, 0.05) is 24.1 Å². The summed E-state index contributed by atoms with van der Waals surface area (Å²) in [7, 11) is 3.28. The molecule has 0 saturated carbocycles. The second-order valence-corrected chi connectivity index (χ2v) is 7.03. The third-order valence-corrected chi connectivity index (χ3v) is 4.64. The van der Waals surface area contributed by atoms with E-state index < -0.39 is 5.79 Å². The highest BCUT2D eigenvalue weighted by molar-refractivity contribution is 5.98. The van der Waals surface area contributed by atoms with E-state index in [1.807, 2.05) is 32.2 Å². The summed E-state index contributed by atoms with van der Waals surface area (Å²) in [4.78, 5) is 4.48. The summed E-state index contributed by atoms with van der Waals surface area (Å²) in [6.07, 6.45) is 2.52. The molecule has 0 amide bonds. The normalized spacial score (nSPS) is 20.2. The summed E-state index contributed by atoms with van der Waals surface area (Å²) < 4.78 is 10.9. The van der Waals surface area contributed by atoms with Gasteiger partial charge in [-0.05, 0) is 29.2 Å². The van der Waals surface area contributed by atoms with Crippen molar-refractivity contribution in [1.29, 1.82) is 0 Å². The van der Waals surface area contributed by atoms with Gasteiger partial charge >= 0.3 is 0 Å². The molecule has 0 aromatic heterocycles. The molecule has 5 N–H and O–H groups in total. The molecule has 2 rings (SSSR count). The first kappa shape index (κ1) is 19.1. The zero-order chi connectivity index (χ0) is 18.8. The second-order valence-electron chi connectivity index (χ2n) is 7.03. The number of benzene rings is 1. The topological polar surface area (TPSA) is 94.9 Å². The second kappa shape index (κ2) is 7.35. The Bertz CT molecular complexity index is 695. The molecular weight excluding hydrogens is 316 g/mol. The number of hydrogen-bond donors (Lipinski definition) is 3. The molecule has 1 unspecified atom stereocenters. The van der Waals surface area contributed by atoms with Crippen molar-refractivity contribution in [2.75, 3.05) is 14.2 Å². The number of aliphatic imine (C=N–C) groups is 1. The lowest BCUT2D eigenvalue weighted by atomic mass is 9.91. The fourth-order valence-corrected chi connectivity index (χ4v) is 2.85. The van der Waals surface area contributed by atoms with E-state index in [1.54, 1.807) is 14.2 Å². The number of amidine groups is 1. The van der Waals surface area contributed by atoms with Gasteiger partial charge < -0.3 is 20.5 Å². The van der Waals surface area contributed by atoms with Crippen LogP contribution in [-0.4, -0.2) is 25.8 Å². The van der Waals surface area contributed by atoms with Crippen LogP contribution in [0.25, 0.3) is 0 Å². The van der Waals surface area contributed by atoms with E-state index in [0.717, 1.165) is 16.9 Å². The summed E-state index contributed by atoms with van der Waals surface area (Å²) in [5, 5.41) is 3.19. The third-order valence-electron chi connectivity index (χ3n) is 4.64. The van der Waals surface area contributed by atoms with Gasteiger partial charge in [-0.3, -0.25) is 5.73 Å². The molecule has 6 heteroatoms. The summed E-state index contributed by atoms with van der Waals surface area (Å²) in [6, 6.07) is 4.04. The molecule has 25 heavy (non-hydrogen) atoms. The number of nitrogens with zero attached hydrogens (tertiary/aromatic N) is 1. The van der Waals surface area contributed by atoms with E-state index in [9.17, 15) is 0 Å². The molecule has 0 saturated heterocycles. The standard InChI is InChI=1S/C19H30N4O2/c1-11(2)15-9-17(25-6)16(24-5)8-13(15)7-14-10-22-19(21,12(3)4)23-18(14)20/h8-12,22H,7,21H2,1-6H3,(H2,20,23). The van der Waals surface area contributed by atoms with Crippen molar-refractivity contribution in [3.8, 4) is 11.5 Å². The summed E-state index contributed by atoms with van der Waals surface area (Å²) in [5.74, 6) is 1.52. The molecule has 138 valence electrons. The maximum Gasteiger partial charge on any atom is 0.186 e. The Morgan fingerprint density at radius 3 is 2.20 bits per heavy atom. The highest BCUT2D eigenvalue weighted by atomic mass is 16.5. The first-order chi connectivity index (χ1) is 11.7. The van der Waals surface area contributed by atoms with Gasteiger partial charge in [0.15, 0.2) is 17.3 Å². The van der Waals surface area contributed by atoms with Crippen LogP contribution in [0.2, 0.25) is 0 Å². The van der Waals surface area contributed by atoms with Crippen molar-refractivity contribution in [3.05, 3.63) is 35.0 Å². The Hall–Kier alpha value is -2.21. The lowest BCUT2D eigenvalue weighted by molar-refractivity contribution is 0.282. The van der Waals surface area contributed by atoms with Crippen molar-refractivity contribution < 1.29 is 9.47 Å². The van der Waals surface area contributed by atoms with Crippen LogP contribution in [0.4, 0.5) is 0 Å². The van der Waals surface area contributed by atoms with Crippen molar-refractivity contribution in [3.63, 3.8) is 0 Å². The Balaban J connectivity index is 2.37. The number of hydrogen-bond acceptors (Lipinski definition) is 6. The van der Waals surface area contributed by atoms with Crippen LogP contribution in [0.3, 0.4) is 0 Å². The van der Waals surface area contributed by atoms with Crippen LogP contribution in [0.5, 0.6) is 11.5 Å². The number of rotatable bonds is 6. The van der Waals surface area contributed by atoms with Crippen LogP contribution in [0, 0.1) is 5.92 Å². The maximum absolute atomic E-state index is 6.25. The average Bonchev–Trinajstić information content (AvgIpc) is 2.56. The number of ether oxygens (including phenoxy) is 2. The molecule has 1 aromatic rings. The zero-order valence-corrected chi connectivity index (χ0v) is 16.0. The van der Waals surface area contributed by atoms with Gasteiger partial charge in [-0.2, -0.15) is 0 Å². The number of methoxy groups -OCH3 is 2. The predicted molar refractivity (Wildman–Crippen MR) is 102 cm³/mol. The molecule has 1 aromatic carbocycles. The SMILES string of the molecule is COc1cc(CC2=CNC(N)(C(C)C)N=C2N)c(C(C)C)cc1OC. The van der Waals surface area contributed by atoms with Crippen LogP contribution in [0.15, 0.2) is 28.9 Å². The van der Waals surface area contributed by atoms with Crippen LogP contribution >= 0.6 is 0 Å². The number of nitrogens with two attached hydrogens (primary N) is 2. The van der Waals surface area contributed by atoms with Crippen molar-refractivity contribution in [2.45, 2.75) is 45.8 Å².